The van der Waals surface area contributed by atoms with Gasteiger partial charge in [0.1, 0.15) is 46.0 Å². The van der Waals surface area contributed by atoms with E-state index in [9.17, 15) is 50.4 Å². The average Bonchev–Trinajstić information content (AvgIpc) is 3.03. The number of aromatic hydroxyl groups is 8. The van der Waals surface area contributed by atoms with Crippen LogP contribution in [0.25, 0.3) is 6.08 Å². The fraction of sp³-hybridized carbons (Fsp3) is 0.200. The lowest BCUT2D eigenvalue weighted by atomic mass is 9.65. The molecule has 4 aromatic carbocycles. The maximum atomic E-state index is 14.7. The highest BCUT2D eigenvalue weighted by atomic mass is 16.3. The second kappa shape index (κ2) is 14.1. The van der Waals surface area contributed by atoms with Gasteiger partial charge >= 0.3 is 0 Å². The second-order valence-electron chi connectivity index (χ2n) is 12.8. The number of carbonyl (C=O) groups is 2. The molecule has 0 heterocycles. The van der Waals surface area contributed by atoms with Gasteiger partial charge in [0.15, 0.2) is 11.6 Å². The van der Waals surface area contributed by atoms with Gasteiger partial charge in [-0.05, 0) is 93.8 Å². The predicted molar refractivity (Wildman–Crippen MR) is 187 cm³/mol. The quantitative estimate of drug-likeness (QED) is 0.0500. The summed E-state index contributed by atoms with van der Waals surface area (Å²) >= 11 is 0. The molecule has 258 valence electrons. The van der Waals surface area contributed by atoms with Crippen LogP contribution in [0.3, 0.4) is 0 Å². The van der Waals surface area contributed by atoms with Crippen molar-refractivity contribution >= 4 is 17.6 Å². The van der Waals surface area contributed by atoms with Crippen LogP contribution in [-0.2, 0) is 6.42 Å². The van der Waals surface area contributed by atoms with Crippen molar-refractivity contribution in [1.29, 1.82) is 0 Å². The van der Waals surface area contributed by atoms with Gasteiger partial charge in [-0.25, -0.2) is 0 Å². The molecule has 10 heteroatoms. The highest BCUT2D eigenvalue weighted by Crippen LogP contribution is 2.53. The summed E-state index contributed by atoms with van der Waals surface area (Å²) in [6.07, 6.45) is 6.25. The zero-order valence-electron chi connectivity index (χ0n) is 27.6. The SMILES string of the molecule is CC(C)=CCc1c(O)ccc(C(=O)[C@@H]2[C@H](c3c(O)ccc(C(=O)/C=C/c4ccc(O)cc4O)c3O)C=C(C)C[C@H]2c2ccc(O)cc2O)c1O. The summed E-state index contributed by atoms with van der Waals surface area (Å²) < 4.78 is 0. The molecule has 0 saturated carbocycles. The van der Waals surface area contributed by atoms with Crippen LogP contribution >= 0.6 is 0 Å². The minimum absolute atomic E-state index is 0.130. The third-order valence-corrected chi connectivity index (χ3v) is 9.00. The lowest BCUT2D eigenvalue weighted by Crippen LogP contribution is -2.32. The smallest absolute Gasteiger partial charge is 0.189 e. The molecule has 0 radical (unpaired) electrons. The van der Waals surface area contributed by atoms with Crippen LogP contribution < -0.4 is 0 Å². The Balaban J connectivity index is 1.67. The third-order valence-electron chi connectivity index (χ3n) is 9.00. The first-order valence-electron chi connectivity index (χ1n) is 15.9. The zero-order valence-corrected chi connectivity index (χ0v) is 27.6. The Morgan fingerprint density at radius 3 is 2.04 bits per heavy atom. The number of hydrogen-bond acceptors (Lipinski definition) is 10. The van der Waals surface area contributed by atoms with E-state index in [-0.39, 0.29) is 69.4 Å². The van der Waals surface area contributed by atoms with Crippen LogP contribution in [0, 0.1) is 5.92 Å². The summed E-state index contributed by atoms with van der Waals surface area (Å²) in [6, 6.07) is 12.8. The number of hydrogen-bond donors (Lipinski definition) is 8. The Morgan fingerprint density at radius 2 is 1.38 bits per heavy atom. The van der Waals surface area contributed by atoms with Gasteiger partial charge in [0.2, 0.25) is 0 Å². The van der Waals surface area contributed by atoms with Gasteiger partial charge in [0.25, 0.3) is 0 Å². The van der Waals surface area contributed by atoms with Crippen molar-refractivity contribution in [2.45, 2.75) is 45.4 Å². The molecule has 0 fully saturated rings. The number of allylic oxidation sites excluding steroid dienone is 5. The molecular formula is C40H38O10. The molecule has 0 saturated heterocycles. The maximum Gasteiger partial charge on any atom is 0.189 e. The Morgan fingerprint density at radius 1 is 0.740 bits per heavy atom. The van der Waals surface area contributed by atoms with Gasteiger partial charge < -0.3 is 40.9 Å². The summed E-state index contributed by atoms with van der Waals surface area (Å²) in [5.74, 6) is -7.01. The molecule has 0 bridgehead atoms. The Hall–Kier alpha value is -6.16. The van der Waals surface area contributed by atoms with Crippen molar-refractivity contribution < 1.29 is 50.4 Å². The molecule has 5 rings (SSSR count). The number of benzene rings is 4. The van der Waals surface area contributed by atoms with Gasteiger partial charge in [-0.15, -0.1) is 0 Å². The van der Waals surface area contributed by atoms with E-state index in [1.807, 2.05) is 13.8 Å². The van der Waals surface area contributed by atoms with Crippen molar-refractivity contribution in [3.05, 3.63) is 123 Å². The van der Waals surface area contributed by atoms with Crippen LogP contribution in [0.1, 0.15) is 82.0 Å². The van der Waals surface area contributed by atoms with E-state index >= 15 is 0 Å². The van der Waals surface area contributed by atoms with E-state index in [0.717, 1.165) is 29.4 Å². The maximum absolute atomic E-state index is 14.7. The van der Waals surface area contributed by atoms with Crippen molar-refractivity contribution in [3.63, 3.8) is 0 Å². The molecule has 0 amide bonds. The van der Waals surface area contributed by atoms with Gasteiger partial charge in [0, 0.05) is 46.6 Å². The summed E-state index contributed by atoms with van der Waals surface area (Å²) in [6.45, 7) is 5.48. The number of phenolic OH excluding ortho intramolecular Hbond substituents is 8. The van der Waals surface area contributed by atoms with Crippen LogP contribution in [0.2, 0.25) is 0 Å². The first kappa shape index (κ1) is 35.2. The van der Waals surface area contributed by atoms with Gasteiger partial charge in [0.05, 0.1) is 11.1 Å². The molecule has 1 aliphatic carbocycles. The zero-order chi connectivity index (χ0) is 36.4. The summed E-state index contributed by atoms with van der Waals surface area (Å²) in [5.41, 5.74) is 1.82. The Bertz CT molecular complexity index is 2080. The first-order chi connectivity index (χ1) is 23.7. The average molecular weight is 679 g/mol. The van der Waals surface area contributed by atoms with E-state index < -0.39 is 46.6 Å². The summed E-state index contributed by atoms with van der Waals surface area (Å²) in [5, 5.41) is 85.5. The lowest BCUT2D eigenvalue weighted by Gasteiger charge is -2.37. The third kappa shape index (κ3) is 7.00. The van der Waals surface area contributed by atoms with Crippen molar-refractivity contribution in [2.24, 2.45) is 5.92 Å². The van der Waals surface area contributed by atoms with Gasteiger partial charge in [-0.3, -0.25) is 9.59 Å². The number of phenols is 8. The fourth-order valence-electron chi connectivity index (χ4n) is 6.52. The molecule has 0 unspecified atom stereocenters. The largest absolute Gasteiger partial charge is 0.508 e. The highest BCUT2D eigenvalue weighted by molar-refractivity contribution is 6.09. The molecule has 10 nitrogen and oxygen atoms in total. The number of rotatable bonds is 9. The molecule has 0 aromatic heterocycles. The van der Waals surface area contributed by atoms with Gasteiger partial charge in [-0.2, -0.15) is 0 Å². The van der Waals surface area contributed by atoms with E-state index in [2.05, 4.69) is 0 Å². The summed E-state index contributed by atoms with van der Waals surface area (Å²) in [7, 11) is 0. The first-order valence-corrected chi connectivity index (χ1v) is 15.9. The molecule has 0 aliphatic heterocycles. The van der Waals surface area contributed by atoms with Crippen molar-refractivity contribution in [3.8, 4) is 46.0 Å². The van der Waals surface area contributed by atoms with Crippen LogP contribution in [0.15, 0.2) is 90.0 Å². The molecule has 3 atom stereocenters. The minimum Gasteiger partial charge on any atom is -0.508 e. The van der Waals surface area contributed by atoms with E-state index in [1.54, 1.807) is 19.1 Å². The van der Waals surface area contributed by atoms with E-state index in [1.165, 1.54) is 54.6 Å². The number of ketones is 2. The Labute approximate surface area is 288 Å². The minimum atomic E-state index is -1.19. The van der Waals surface area contributed by atoms with E-state index in [4.69, 9.17) is 0 Å². The van der Waals surface area contributed by atoms with E-state index in [0.29, 0.717) is 5.56 Å². The molecule has 1 aliphatic rings. The summed E-state index contributed by atoms with van der Waals surface area (Å²) in [4.78, 5) is 28.1. The van der Waals surface area contributed by atoms with Crippen LogP contribution in [0.4, 0.5) is 0 Å². The van der Waals surface area contributed by atoms with Crippen molar-refractivity contribution in [2.75, 3.05) is 0 Å². The van der Waals surface area contributed by atoms with Crippen LogP contribution in [-0.4, -0.2) is 52.4 Å². The molecule has 8 N–H and O–H groups in total. The van der Waals surface area contributed by atoms with Crippen molar-refractivity contribution in [1.82, 2.24) is 0 Å². The molecule has 0 spiro atoms. The van der Waals surface area contributed by atoms with Gasteiger partial charge in [-0.1, -0.05) is 29.4 Å². The Kier molecular flexibility index (Phi) is 9.94. The highest BCUT2D eigenvalue weighted by Gasteiger charge is 2.43. The molecular weight excluding hydrogens is 640 g/mol. The fourth-order valence-corrected chi connectivity index (χ4v) is 6.52. The monoisotopic (exact) mass is 678 g/mol. The normalized spacial score (nSPS) is 17.3. The predicted octanol–water partition coefficient (Wildman–Crippen LogP) is 7.45. The number of carbonyl (C=O) groups excluding carboxylic acids is 2. The molecule has 50 heavy (non-hydrogen) atoms. The topological polar surface area (TPSA) is 196 Å². The second-order valence-corrected chi connectivity index (χ2v) is 12.8. The lowest BCUT2D eigenvalue weighted by molar-refractivity contribution is 0.0876. The molecule has 4 aromatic rings. The van der Waals surface area contributed by atoms with Crippen LogP contribution in [0.5, 0.6) is 46.0 Å². The number of Topliss-reactive ketones (excluding diaryl/α,β-unsaturated/α-hetero) is 1. The standard InChI is InChI=1S/C40H38O10/c1-20(2)4-9-26-32(44)14-12-28(38(26)48)40(50)36-29(25-10-8-24(42)19-35(25)47)16-21(3)17-30(36)37-33(45)15-11-27(39(37)49)31(43)13-6-22-5-7-23(41)18-34(22)46/h4-8,10-15,17-19,29-30,36,41-42,44-49H,9,16H2,1-3H3/b13-6+/t29-,30+,36-/m0/s1.